The number of carbonyl (C=O) groups is 2. The van der Waals surface area contributed by atoms with E-state index in [1.165, 1.54) is 0 Å². The van der Waals surface area contributed by atoms with Gasteiger partial charge in [0.1, 0.15) is 0 Å². The first-order chi connectivity index (χ1) is 8.20. The number of rotatable bonds is 3. The summed E-state index contributed by atoms with van der Waals surface area (Å²) in [4.78, 5) is 25.1. The molecular formula is C12H20N2O3. The van der Waals surface area contributed by atoms with E-state index in [-0.39, 0.29) is 24.3 Å². The third-order valence-corrected chi connectivity index (χ3v) is 3.69. The Kier molecular flexibility index (Phi) is 3.99. The number of aliphatic hydroxyl groups excluding tert-OH is 1. The lowest BCUT2D eigenvalue weighted by Gasteiger charge is -2.33. The first kappa shape index (κ1) is 12.4. The number of likely N-dealkylation sites (tertiary alicyclic amines) is 1. The Morgan fingerprint density at radius 1 is 1.53 bits per heavy atom. The van der Waals surface area contributed by atoms with E-state index in [0.717, 1.165) is 32.4 Å². The summed E-state index contributed by atoms with van der Waals surface area (Å²) >= 11 is 0. The summed E-state index contributed by atoms with van der Waals surface area (Å²) in [7, 11) is 0. The molecule has 0 spiro atoms. The maximum atomic E-state index is 12.2. The lowest BCUT2D eigenvalue weighted by atomic mass is 9.94. The van der Waals surface area contributed by atoms with Crippen LogP contribution in [0.25, 0.3) is 0 Å². The molecule has 5 nitrogen and oxygen atoms in total. The van der Waals surface area contributed by atoms with E-state index < -0.39 is 0 Å². The third kappa shape index (κ3) is 2.97. The molecule has 0 aromatic carbocycles. The molecule has 2 aliphatic heterocycles. The maximum absolute atomic E-state index is 12.2. The number of nitrogens with one attached hydrogen (secondary N) is 1. The average molecular weight is 240 g/mol. The fourth-order valence-electron chi connectivity index (χ4n) is 2.72. The standard InChI is InChI=1S/C12H20N2O3/c15-5-3-9-2-1-4-14(8-9)12(17)10-6-11(16)13-7-10/h9-10,15H,1-8H2,(H,13,16). The SMILES string of the molecule is O=C1CC(C(=O)N2CCCC(CCO)C2)CN1. The van der Waals surface area contributed by atoms with Gasteiger partial charge in [-0.3, -0.25) is 9.59 Å². The molecule has 2 fully saturated rings. The molecule has 0 aliphatic carbocycles. The molecule has 0 saturated carbocycles. The van der Waals surface area contributed by atoms with Crippen LogP contribution in [0.2, 0.25) is 0 Å². The van der Waals surface area contributed by atoms with E-state index in [2.05, 4.69) is 5.32 Å². The molecule has 2 unspecified atom stereocenters. The summed E-state index contributed by atoms with van der Waals surface area (Å²) in [6.45, 7) is 2.21. The van der Waals surface area contributed by atoms with Gasteiger partial charge in [-0.2, -0.15) is 0 Å². The Morgan fingerprint density at radius 3 is 3.00 bits per heavy atom. The molecule has 2 atom stereocenters. The Bertz CT molecular complexity index is 304. The van der Waals surface area contributed by atoms with Crippen molar-refractivity contribution >= 4 is 11.8 Å². The molecule has 96 valence electrons. The van der Waals surface area contributed by atoms with Gasteiger partial charge in [-0.15, -0.1) is 0 Å². The van der Waals surface area contributed by atoms with Gasteiger partial charge in [-0.1, -0.05) is 0 Å². The zero-order valence-corrected chi connectivity index (χ0v) is 10.0. The van der Waals surface area contributed by atoms with Crippen LogP contribution in [0.1, 0.15) is 25.7 Å². The fourth-order valence-corrected chi connectivity index (χ4v) is 2.72. The molecule has 2 saturated heterocycles. The predicted molar refractivity (Wildman–Crippen MR) is 62.1 cm³/mol. The quantitative estimate of drug-likeness (QED) is 0.714. The van der Waals surface area contributed by atoms with E-state index in [1.807, 2.05) is 4.90 Å². The first-order valence-corrected chi connectivity index (χ1v) is 6.37. The third-order valence-electron chi connectivity index (χ3n) is 3.69. The minimum absolute atomic E-state index is 0.0210. The Hall–Kier alpha value is -1.10. The molecule has 0 aromatic rings. The van der Waals surface area contributed by atoms with Crippen LogP contribution in [0.15, 0.2) is 0 Å². The second kappa shape index (κ2) is 5.49. The molecule has 5 heteroatoms. The average Bonchev–Trinajstić information content (AvgIpc) is 2.76. The van der Waals surface area contributed by atoms with E-state index in [1.54, 1.807) is 0 Å². The van der Waals surface area contributed by atoms with Crippen LogP contribution in [-0.4, -0.2) is 48.1 Å². The highest BCUT2D eigenvalue weighted by molar-refractivity contribution is 5.89. The molecule has 2 heterocycles. The van der Waals surface area contributed by atoms with Crippen molar-refractivity contribution in [3.63, 3.8) is 0 Å². The van der Waals surface area contributed by atoms with Crippen molar-refractivity contribution in [2.24, 2.45) is 11.8 Å². The van der Waals surface area contributed by atoms with Crippen LogP contribution < -0.4 is 5.32 Å². The highest BCUT2D eigenvalue weighted by Crippen LogP contribution is 2.22. The molecule has 0 aromatic heterocycles. The van der Waals surface area contributed by atoms with Gasteiger partial charge in [0.05, 0.1) is 5.92 Å². The molecule has 0 bridgehead atoms. The van der Waals surface area contributed by atoms with Crippen molar-refractivity contribution in [1.29, 1.82) is 0 Å². The smallest absolute Gasteiger partial charge is 0.227 e. The summed E-state index contributed by atoms with van der Waals surface area (Å²) in [6, 6.07) is 0. The topological polar surface area (TPSA) is 69.6 Å². The van der Waals surface area contributed by atoms with Gasteiger partial charge in [0.15, 0.2) is 0 Å². The lowest BCUT2D eigenvalue weighted by molar-refractivity contribution is -0.137. The van der Waals surface area contributed by atoms with E-state index in [0.29, 0.717) is 18.9 Å². The van der Waals surface area contributed by atoms with Gasteiger partial charge in [-0.25, -0.2) is 0 Å². The highest BCUT2D eigenvalue weighted by atomic mass is 16.3. The van der Waals surface area contributed by atoms with Crippen molar-refractivity contribution in [3.05, 3.63) is 0 Å². The number of carbonyl (C=O) groups excluding carboxylic acids is 2. The van der Waals surface area contributed by atoms with Crippen LogP contribution in [0.3, 0.4) is 0 Å². The summed E-state index contributed by atoms with van der Waals surface area (Å²) in [5, 5.41) is 11.6. The summed E-state index contributed by atoms with van der Waals surface area (Å²) in [5.74, 6) is 0.330. The van der Waals surface area contributed by atoms with E-state index >= 15 is 0 Å². The van der Waals surface area contributed by atoms with Gasteiger partial charge in [0, 0.05) is 32.7 Å². The normalized spacial score (nSPS) is 29.2. The minimum Gasteiger partial charge on any atom is -0.396 e. The molecule has 17 heavy (non-hydrogen) atoms. The Labute approximate surface area is 101 Å². The summed E-state index contributed by atoms with van der Waals surface area (Å²) in [6.07, 6.45) is 3.20. The van der Waals surface area contributed by atoms with Crippen molar-refractivity contribution < 1.29 is 14.7 Å². The molecule has 2 amide bonds. The maximum Gasteiger partial charge on any atom is 0.227 e. The van der Waals surface area contributed by atoms with Crippen LogP contribution in [0.4, 0.5) is 0 Å². The fraction of sp³-hybridized carbons (Fsp3) is 0.833. The number of piperidine rings is 1. The number of hydrogen-bond donors (Lipinski definition) is 2. The Balaban J connectivity index is 1.88. The van der Waals surface area contributed by atoms with E-state index in [4.69, 9.17) is 5.11 Å². The summed E-state index contributed by atoms with van der Waals surface area (Å²) in [5.41, 5.74) is 0. The van der Waals surface area contributed by atoms with Gasteiger partial charge in [0.2, 0.25) is 11.8 Å². The second-order valence-electron chi connectivity index (χ2n) is 5.01. The van der Waals surface area contributed by atoms with Crippen molar-refractivity contribution in [3.8, 4) is 0 Å². The highest BCUT2D eigenvalue weighted by Gasteiger charge is 2.33. The van der Waals surface area contributed by atoms with Crippen LogP contribution in [0.5, 0.6) is 0 Å². The van der Waals surface area contributed by atoms with Crippen LogP contribution in [-0.2, 0) is 9.59 Å². The number of amides is 2. The minimum atomic E-state index is -0.171. The van der Waals surface area contributed by atoms with Gasteiger partial charge < -0.3 is 15.3 Å². The second-order valence-corrected chi connectivity index (χ2v) is 5.01. The van der Waals surface area contributed by atoms with Crippen LogP contribution >= 0.6 is 0 Å². The first-order valence-electron chi connectivity index (χ1n) is 6.37. The van der Waals surface area contributed by atoms with E-state index in [9.17, 15) is 9.59 Å². The van der Waals surface area contributed by atoms with Crippen molar-refractivity contribution in [2.45, 2.75) is 25.7 Å². The van der Waals surface area contributed by atoms with Crippen molar-refractivity contribution in [1.82, 2.24) is 10.2 Å². The number of nitrogens with zero attached hydrogens (tertiary/aromatic N) is 1. The van der Waals surface area contributed by atoms with Crippen molar-refractivity contribution in [2.75, 3.05) is 26.2 Å². The Morgan fingerprint density at radius 2 is 2.35 bits per heavy atom. The summed E-state index contributed by atoms with van der Waals surface area (Å²) < 4.78 is 0. The lowest BCUT2D eigenvalue weighted by Crippen LogP contribution is -2.43. The largest absolute Gasteiger partial charge is 0.396 e. The van der Waals surface area contributed by atoms with Crippen LogP contribution in [0, 0.1) is 11.8 Å². The molecular weight excluding hydrogens is 220 g/mol. The molecule has 2 N–H and O–H groups in total. The zero-order chi connectivity index (χ0) is 12.3. The van der Waals surface area contributed by atoms with Gasteiger partial charge in [-0.05, 0) is 25.2 Å². The monoisotopic (exact) mass is 240 g/mol. The molecule has 2 rings (SSSR count). The van der Waals surface area contributed by atoms with Gasteiger partial charge in [0.25, 0.3) is 0 Å². The molecule has 0 radical (unpaired) electrons. The predicted octanol–water partition coefficient (Wildman–Crippen LogP) is -0.257. The van der Waals surface area contributed by atoms with Gasteiger partial charge >= 0.3 is 0 Å². The number of hydrogen-bond acceptors (Lipinski definition) is 3. The zero-order valence-electron chi connectivity index (χ0n) is 10.0. The number of aliphatic hydroxyl groups is 1. The molecule has 2 aliphatic rings.